The molecule has 0 atom stereocenters. The summed E-state index contributed by atoms with van der Waals surface area (Å²) in [5.74, 6) is -0.889. The van der Waals surface area contributed by atoms with Gasteiger partial charge in [0, 0.05) is 5.69 Å². The van der Waals surface area contributed by atoms with Gasteiger partial charge in [-0.2, -0.15) is 10.2 Å². The standard InChI is InChI=1S/C21H16N4O3/c26-20(14-25-18-8-4-5-9-19(18)28-21(25)27)22-15-10-12-17(13-11-15)24-23-16-6-2-1-3-7-16/h1-13H,14H2,(H,22,26). The Morgan fingerprint density at radius 1 is 0.857 bits per heavy atom. The van der Waals surface area contributed by atoms with E-state index >= 15 is 0 Å². The van der Waals surface area contributed by atoms with Gasteiger partial charge < -0.3 is 9.73 Å². The Kier molecular flexibility index (Phi) is 4.79. The molecule has 28 heavy (non-hydrogen) atoms. The maximum Gasteiger partial charge on any atom is 0.420 e. The second-order valence-electron chi connectivity index (χ2n) is 6.05. The van der Waals surface area contributed by atoms with Gasteiger partial charge in [-0.05, 0) is 48.5 Å². The van der Waals surface area contributed by atoms with Crippen LogP contribution in [-0.4, -0.2) is 10.5 Å². The molecule has 0 spiro atoms. The number of carbonyl (C=O) groups excluding carboxylic acids is 1. The van der Waals surface area contributed by atoms with Gasteiger partial charge in [0.2, 0.25) is 5.91 Å². The Morgan fingerprint density at radius 2 is 1.50 bits per heavy atom. The van der Waals surface area contributed by atoms with Crippen molar-refractivity contribution in [3.63, 3.8) is 0 Å². The van der Waals surface area contributed by atoms with Crippen molar-refractivity contribution >= 4 is 34.1 Å². The zero-order valence-electron chi connectivity index (χ0n) is 14.8. The number of anilines is 1. The number of benzene rings is 3. The Labute approximate surface area is 160 Å². The van der Waals surface area contributed by atoms with Crippen LogP contribution in [0.15, 0.2) is 98.3 Å². The number of para-hydroxylation sites is 2. The second kappa shape index (κ2) is 7.71. The van der Waals surface area contributed by atoms with E-state index in [9.17, 15) is 9.59 Å². The molecule has 0 fully saturated rings. The maximum atomic E-state index is 12.3. The first-order valence-corrected chi connectivity index (χ1v) is 8.64. The van der Waals surface area contributed by atoms with Crippen molar-refractivity contribution in [3.8, 4) is 0 Å². The number of hydrogen-bond acceptors (Lipinski definition) is 5. The first kappa shape index (κ1) is 17.4. The van der Waals surface area contributed by atoms with E-state index in [1.807, 2.05) is 30.3 Å². The summed E-state index contributed by atoms with van der Waals surface area (Å²) in [5.41, 5.74) is 3.06. The monoisotopic (exact) mass is 372 g/mol. The smallest absolute Gasteiger partial charge is 0.408 e. The van der Waals surface area contributed by atoms with Gasteiger partial charge in [-0.15, -0.1) is 0 Å². The van der Waals surface area contributed by atoms with Crippen molar-refractivity contribution in [1.82, 2.24) is 4.57 Å². The lowest BCUT2D eigenvalue weighted by Crippen LogP contribution is -2.24. The topological polar surface area (TPSA) is 89.0 Å². The molecule has 0 radical (unpaired) electrons. The van der Waals surface area contributed by atoms with Gasteiger partial charge in [-0.3, -0.25) is 9.36 Å². The molecule has 7 nitrogen and oxygen atoms in total. The largest absolute Gasteiger partial charge is 0.420 e. The average Bonchev–Trinajstić information content (AvgIpc) is 3.03. The van der Waals surface area contributed by atoms with Gasteiger partial charge in [-0.25, -0.2) is 4.79 Å². The molecule has 0 aliphatic heterocycles. The number of azo groups is 1. The number of amides is 1. The van der Waals surface area contributed by atoms with E-state index < -0.39 is 5.76 Å². The predicted molar refractivity (Wildman–Crippen MR) is 106 cm³/mol. The molecule has 1 aromatic heterocycles. The van der Waals surface area contributed by atoms with Gasteiger partial charge in [0.25, 0.3) is 0 Å². The number of aromatic nitrogens is 1. The molecule has 1 heterocycles. The molecule has 7 heteroatoms. The fraction of sp³-hybridized carbons (Fsp3) is 0.0476. The van der Waals surface area contributed by atoms with Crippen LogP contribution in [0.25, 0.3) is 11.1 Å². The lowest BCUT2D eigenvalue weighted by atomic mass is 10.3. The molecule has 0 bridgehead atoms. The molecule has 1 N–H and O–H groups in total. The summed E-state index contributed by atoms with van der Waals surface area (Å²) in [6.45, 7) is -0.134. The van der Waals surface area contributed by atoms with Crippen molar-refractivity contribution in [3.05, 3.63) is 89.4 Å². The molecule has 138 valence electrons. The zero-order valence-corrected chi connectivity index (χ0v) is 14.8. The summed E-state index contributed by atoms with van der Waals surface area (Å²) in [6, 6.07) is 23.4. The summed E-state index contributed by atoms with van der Waals surface area (Å²) in [5, 5.41) is 11.1. The molecule has 1 amide bonds. The molecule has 0 aliphatic carbocycles. The van der Waals surface area contributed by atoms with Crippen molar-refractivity contribution in [2.75, 3.05) is 5.32 Å². The number of carbonyl (C=O) groups is 1. The molecule has 3 aromatic carbocycles. The minimum Gasteiger partial charge on any atom is -0.408 e. The first-order chi connectivity index (χ1) is 13.7. The molecule has 4 rings (SSSR count). The fourth-order valence-electron chi connectivity index (χ4n) is 2.73. The maximum absolute atomic E-state index is 12.3. The fourth-order valence-corrected chi connectivity index (χ4v) is 2.73. The molecular formula is C21H16N4O3. The highest BCUT2D eigenvalue weighted by Gasteiger charge is 2.12. The number of nitrogens with zero attached hydrogens (tertiary/aromatic N) is 3. The normalized spacial score (nSPS) is 11.1. The highest BCUT2D eigenvalue weighted by atomic mass is 16.4. The number of nitrogens with one attached hydrogen (secondary N) is 1. The molecule has 0 unspecified atom stereocenters. The van der Waals surface area contributed by atoms with Crippen LogP contribution in [0.1, 0.15) is 0 Å². The van der Waals surface area contributed by atoms with Gasteiger partial charge in [0.05, 0.1) is 16.9 Å². The quantitative estimate of drug-likeness (QED) is 0.517. The lowest BCUT2D eigenvalue weighted by Gasteiger charge is -2.06. The third kappa shape index (κ3) is 3.88. The van der Waals surface area contributed by atoms with Gasteiger partial charge in [0.1, 0.15) is 6.54 Å². The van der Waals surface area contributed by atoms with Crippen LogP contribution in [0, 0.1) is 0 Å². The van der Waals surface area contributed by atoms with Crippen LogP contribution in [0.4, 0.5) is 17.1 Å². The summed E-state index contributed by atoms with van der Waals surface area (Å²) < 4.78 is 6.43. The van der Waals surface area contributed by atoms with Gasteiger partial charge in [0.15, 0.2) is 5.58 Å². The highest BCUT2D eigenvalue weighted by molar-refractivity contribution is 5.91. The van der Waals surface area contributed by atoms with Crippen LogP contribution >= 0.6 is 0 Å². The SMILES string of the molecule is O=C(Cn1c(=O)oc2ccccc21)Nc1ccc(N=Nc2ccccc2)cc1. The third-order valence-electron chi connectivity index (χ3n) is 4.06. The van der Waals surface area contributed by atoms with Gasteiger partial charge in [-0.1, -0.05) is 30.3 Å². The van der Waals surface area contributed by atoms with Crippen LogP contribution in [-0.2, 0) is 11.3 Å². The molecule has 0 saturated heterocycles. The Morgan fingerprint density at radius 3 is 2.25 bits per heavy atom. The predicted octanol–water partition coefficient (Wildman–Crippen LogP) is 4.65. The van der Waals surface area contributed by atoms with E-state index in [1.54, 1.807) is 48.5 Å². The number of oxazole rings is 1. The van der Waals surface area contributed by atoms with Crippen LogP contribution in [0.3, 0.4) is 0 Å². The van der Waals surface area contributed by atoms with E-state index in [-0.39, 0.29) is 12.5 Å². The average molecular weight is 372 g/mol. The summed E-state index contributed by atoms with van der Waals surface area (Å²) >= 11 is 0. The van der Waals surface area contributed by atoms with Crippen molar-refractivity contribution in [2.45, 2.75) is 6.54 Å². The van der Waals surface area contributed by atoms with Crippen molar-refractivity contribution < 1.29 is 9.21 Å². The second-order valence-corrected chi connectivity index (χ2v) is 6.05. The van der Waals surface area contributed by atoms with Crippen molar-refractivity contribution in [2.24, 2.45) is 10.2 Å². The summed E-state index contributed by atoms with van der Waals surface area (Å²) in [6.07, 6.45) is 0. The molecule has 0 aliphatic rings. The van der Waals surface area contributed by atoms with E-state index in [0.29, 0.717) is 22.5 Å². The van der Waals surface area contributed by atoms with E-state index in [1.165, 1.54) is 4.57 Å². The molecular weight excluding hydrogens is 356 g/mol. The summed E-state index contributed by atoms with van der Waals surface area (Å²) in [4.78, 5) is 24.3. The van der Waals surface area contributed by atoms with Crippen molar-refractivity contribution in [1.29, 1.82) is 0 Å². The third-order valence-corrected chi connectivity index (χ3v) is 4.06. The molecule has 0 saturated carbocycles. The summed E-state index contributed by atoms with van der Waals surface area (Å²) in [7, 11) is 0. The van der Waals surface area contributed by atoms with E-state index in [0.717, 1.165) is 5.69 Å². The van der Waals surface area contributed by atoms with Crippen LogP contribution in [0.2, 0.25) is 0 Å². The molecule has 4 aromatic rings. The zero-order chi connectivity index (χ0) is 19.3. The lowest BCUT2D eigenvalue weighted by molar-refractivity contribution is -0.116. The van der Waals surface area contributed by atoms with Crippen LogP contribution in [0.5, 0.6) is 0 Å². The number of fused-ring (bicyclic) bond motifs is 1. The van der Waals surface area contributed by atoms with Crippen LogP contribution < -0.4 is 11.1 Å². The Hall–Kier alpha value is -4.00. The van der Waals surface area contributed by atoms with Gasteiger partial charge >= 0.3 is 5.76 Å². The number of hydrogen-bond donors (Lipinski definition) is 1. The Bertz CT molecular complexity index is 1190. The highest BCUT2D eigenvalue weighted by Crippen LogP contribution is 2.20. The first-order valence-electron chi connectivity index (χ1n) is 8.64. The number of rotatable bonds is 5. The minimum atomic E-state index is -0.562. The van der Waals surface area contributed by atoms with E-state index in [2.05, 4.69) is 15.5 Å². The van der Waals surface area contributed by atoms with E-state index in [4.69, 9.17) is 4.42 Å². The Balaban J connectivity index is 1.43. The minimum absolute atomic E-state index is 0.134.